The number of hydrogen-bond acceptors (Lipinski definition) is 9. The minimum atomic E-state index is -4.13. The van der Waals surface area contributed by atoms with Crippen molar-refractivity contribution in [2.24, 2.45) is 0 Å². The number of anilines is 2. The molecule has 2 saturated heterocycles. The Morgan fingerprint density at radius 1 is 1.10 bits per heavy atom. The van der Waals surface area contributed by atoms with E-state index < -0.39 is 12.1 Å². The zero-order chi connectivity index (χ0) is 27.9. The summed E-state index contributed by atoms with van der Waals surface area (Å²) in [6.45, 7) is 2.36. The Balaban J connectivity index is 1.30. The first-order valence-electron chi connectivity index (χ1n) is 13.6. The number of carbonyl (C=O) groups excluding carboxylic acids is 1. The minimum absolute atomic E-state index is 0.150. The summed E-state index contributed by atoms with van der Waals surface area (Å²) in [6.07, 6.45) is 2.67. The van der Waals surface area contributed by atoms with Gasteiger partial charge in [0.2, 0.25) is 0 Å². The normalized spacial score (nSPS) is 20.1. The van der Waals surface area contributed by atoms with E-state index in [0.717, 1.165) is 47.1 Å². The van der Waals surface area contributed by atoms with E-state index in [0.29, 0.717) is 36.8 Å². The second-order valence-corrected chi connectivity index (χ2v) is 10.5. The van der Waals surface area contributed by atoms with E-state index >= 15 is 0 Å². The summed E-state index contributed by atoms with van der Waals surface area (Å²) in [5, 5.41) is 15.7. The summed E-state index contributed by atoms with van der Waals surface area (Å²) in [7, 11) is 0. The molecule has 4 heterocycles. The number of phenols is 1. The molecule has 0 bridgehead atoms. The summed E-state index contributed by atoms with van der Waals surface area (Å²) in [5.41, 5.74) is 2.57. The number of nitrogens with one attached hydrogen (secondary N) is 1. The third-order valence-corrected chi connectivity index (χ3v) is 7.98. The van der Waals surface area contributed by atoms with Crippen molar-refractivity contribution in [3.63, 3.8) is 0 Å². The number of benzene rings is 2. The SMILES string of the molecule is O=C(F)C(F)(F)N1CCN(c2nc(OC[C@@H]3CCCN3)nc3c2CCN(c2cc(O)cc4ccccc24)C3)CC1. The number of aromatic hydroxyl groups is 1. The molecular formula is C28H31F3N6O3. The van der Waals surface area contributed by atoms with Crippen LogP contribution in [0.3, 0.4) is 0 Å². The van der Waals surface area contributed by atoms with E-state index in [9.17, 15) is 23.1 Å². The molecular weight excluding hydrogens is 525 g/mol. The van der Waals surface area contributed by atoms with Crippen molar-refractivity contribution in [3.05, 3.63) is 47.7 Å². The number of carbonyl (C=O) groups is 1. The Hall–Kier alpha value is -3.64. The average Bonchev–Trinajstić information content (AvgIpc) is 3.49. The van der Waals surface area contributed by atoms with Gasteiger partial charge in [0.25, 0.3) is 0 Å². The monoisotopic (exact) mass is 556 g/mol. The lowest BCUT2D eigenvalue weighted by atomic mass is 10.0. The van der Waals surface area contributed by atoms with Crippen LogP contribution in [-0.2, 0) is 17.8 Å². The van der Waals surface area contributed by atoms with Gasteiger partial charge in [-0.3, -0.25) is 4.79 Å². The number of halogens is 3. The van der Waals surface area contributed by atoms with E-state index in [2.05, 4.69) is 10.2 Å². The molecule has 40 heavy (non-hydrogen) atoms. The third-order valence-electron chi connectivity index (χ3n) is 7.98. The van der Waals surface area contributed by atoms with Gasteiger partial charge in [-0.2, -0.15) is 23.1 Å². The summed E-state index contributed by atoms with van der Waals surface area (Å²) in [4.78, 5) is 24.9. The van der Waals surface area contributed by atoms with Gasteiger partial charge in [0.15, 0.2) is 0 Å². The topological polar surface area (TPSA) is 94.1 Å². The van der Waals surface area contributed by atoms with Gasteiger partial charge in [-0.25, -0.2) is 4.90 Å². The van der Waals surface area contributed by atoms with Crippen LogP contribution in [0, 0.1) is 0 Å². The Kier molecular flexibility index (Phi) is 7.13. The van der Waals surface area contributed by atoms with Gasteiger partial charge in [0, 0.05) is 61.5 Å². The molecule has 0 aliphatic carbocycles. The standard InChI is InChI=1S/C28H31F3N6O3/c29-26(39)28(30,31)37-12-10-35(11-13-37)25-22-7-9-36(24-15-20(38)14-18-4-1-2-6-21(18)24)16-23(22)33-27(34-25)40-17-19-5-3-8-32-19/h1-2,4,6,14-15,19,32,38H,3,5,7-13,16-17H2/t19-/m0/s1. The zero-order valence-corrected chi connectivity index (χ0v) is 22.0. The average molecular weight is 557 g/mol. The maximum Gasteiger partial charge on any atom is 0.395 e. The fourth-order valence-electron chi connectivity index (χ4n) is 5.85. The molecule has 3 aliphatic rings. The van der Waals surface area contributed by atoms with Gasteiger partial charge in [-0.05, 0) is 37.3 Å². The van der Waals surface area contributed by atoms with Gasteiger partial charge in [-0.15, -0.1) is 0 Å². The molecule has 12 heteroatoms. The van der Waals surface area contributed by atoms with Crippen LogP contribution in [0.4, 0.5) is 24.7 Å². The summed E-state index contributed by atoms with van der Waals surface area (Å²) >= 11 is 0. The molecule has 0 spiro atoms. The van der Waals surface area contributed by atoms with Crippen LogP contribution in [0.1, 0.15) is 24.1 Å². The van der Waals surface area contributed by atoms with Crippen molar-refractivity contribution in [2.45, 2.75) is 37.9 Å². The number of rotatable bonds is 7. The molecule has 3 aliphatic heterocycles. The maximum atomic E-state index is 14.0. The van der Waals surface area contributed by atoms with Crippen molar-refractivity contribution in [2.75, 3.05) is 55.7 Å². The number of aromatic nitrogens is 2. The molecule has 3 aromatic rings. The lowest BCUT2D eigenvalue weighted by molar-refractivity contribution is -0.189. The number of ether oxygens (including phenoxy) is 1. The summed E-state index contributed by atoms with van der Waals surface area (Å²) < 4.78 is 47.0. The number of alkyl halides is 2. The molecule has 0 saturated carbocycles. The van der Waals surface area contributed by atoms with Crippen LogP contribution < -0.4 is 19.9 Å². The first kappa shape index (κ1) is 26.6. The highest BCUT2D eigenvalue weighted by Crippen LogP contribution is 2.37. The fourth-order valence-corrected chi connectivity index (χ4v) is 5.85. The molecule has 2 fully saturated rings. The van der Waals surface area contributed by atoms with Crippen molar-refractivity contribution < 1.29 is 27.8 Å². The van der Waals surface area contributed by atoms with E-state index in [1.54, 1.807) is 12.1 Å². The largest absolute Gasteiger partial charge is 0.508 e. The molecule has 1 atom stereocenters. The van der Waals surface area contributed by atoms with Gasteiger partial charge in [-0.1, -0.05) is 24.3 Å². The van der Waals surface area contributed by atoms with Crippen LogP contribution in [0.15, 0.2) is 36.4 Å². The second-order valence-electron chi connectivity index (χ2n) is 10.5. The minimum Gasteiger partial charge on any atom is -0.508 e. The van der Waals surface area contributed by atoms with Crippen LogP contribution in [0.5, 0.6) is 11.8 Å². The van der Waals surface area contributed by atoms with E-state index in [4.69, 9.17) is 14.7 Å². The molecule has 2 N–H and O–H groups in total. The predicted molar refractivity (Wildman–Crippen MR) is 144 cm³/mol. The molecule has 1 aromatic heterocycles. The lowest BCUT2D eigenvalue weighted by Gasteiger charge is -2.39. The highest BCUT2D eigenvalue weighted by molar-refractivity contribution is 5.95. The Morgan fingerprint density at radius 2 is 1.90 bits per heavy atom. The van der Waals surface area contributed by atoms with Gasteiger partial charge >= 0.3 is 18.1 Å². The van der Waals surface area contributed by atoms with Crippen LogP contribution in [-0.4, -0.2) is 84.0 Å². The lowest BCUT2D eigenvalue weighted by Crippen LogP contribution is -2.56. The van der Waals surface area contributed by atoms with E-state index in [-0.39, 0.29) is 44.0 Å². The molecule has 2 aromatic carbocycles. The first-order chi connectivity index (χ1) is 19.3. The Morgan fingerprint density at radius 3 is 2.65 bits per heavy atom. The number of hydrogen-bond donors (Lipinski definition) is 2. The number of phenolic OH excluding ortho intramolecular Hbond substituents is 1. The van der Waals surface area contributed by atoms with Crippen molar-refractivity contribution in [1.82, 2.24) is 20.2 Å². The molecule has 0 radical (unpaired) electrons. The molecule has 0 amide bonds. The Bertz CT molecular complexity index is 1410. The van der Waals surface area contributed by atoms with Gasteiger partial charge in [0.1, 0.15) is 18.2 Å². The highest BCUT2D eigenvalue weighted by Gasteiger charge is 2.47. The summed E-state index contributed by atoms with van der Waals surface area (Å²) in [6, 6.07) is 5.01. The maximum absolute atomic E-state index is 14.0. The highest BCUT2D eigenvalue weighted by atomic mass is 19.3. The number of piperazine rings is 1. The zero-order valence-electron chi connectivity index (χ0n) is 22.0. The third kappa shape index (κ3) is 5.13. The van der Waals surface area contributed by atoms with E-state index in [1.807, 2.05) is 29.2 Å². The smallest absolute Gasteiger partial charge is 0.395 e. The van der Waals surface area contributed by atoms with E-state index in [1.165, 1.54) is 0 Å². The van der Waals surface area contributed by atoms with Crippen molar-refractivity contribution >= 4 is 28.3 Å². The van der Waals surface area contributed by atoms with Crippen LogP contribution >= 0.6 is 0 Å². The van der Waals surface area contributed by atoms with Crippen LogP contribution in [0.2, 0.25) is 0 Å². The fraction of sp³-hybridized carbons (Fsp3) is 0.464. The number of fused-ring (bicyclic) bond motifs is 2. The van der Waals surface area contributed by atoms with Crippen molar-refractivity contribution in [3.8, 4) is 11.8 Å². The Labute approximate surface area is 229 Å². The molecule has 0 unspecified atom stereocenters. The molecule has 9 nitrogen and oxygen atoms in total. The predicted octanol–water partition coefficient (Wildman–Crippen LogP) is 3.24. The second kappa shape index (κ2) is 10.7. The van der Waals surface area contributed by atoms with Crippen molar-refractivity contribution in [1.29, 1.82) is 0 Å². The molecule has 6 rings (SSSR count). The number of nitrogens with zero attached hydrogens (tertiary/aromatic N) is 5. The quantitative estimate of drug-likeness (QED) is 0.336. The van der Waals surface area contributed by atoms with Crippen LogP contribution in [0.25, 0.3) is 10.8 Å². The molecule has 212 valence electrons. The first-order valence-corrected chi connectivity index (χ1v) is 13.6. The summed E-state index contributed by atoms with van der Waals surface area (Å²) in [5.74, 6) is 0.798. The van der Waals surface area contributed by atoms with Gasteiger partial charge in [0.05, 0.1) is 12.2 Å². The van der Waals surface area contributed by atoms with Gasteiger partial charge < -0.3 is 25.0 Å².